The first-order valence-corrected chi connectivity index (χ1v) is 5.80. The summed E-state index contributed by atoms with van der Waals surface area (Å²) in [6, 6.07) is 2.46. The lowest BCUT2D eigenvalue weighted by molar-refractivity contribution is -0.0592. The third-order valence-corrected chi connectivity index (χ3v) is 2.62. The largest absolute Gasteiger partial charge is 0.398 e. The maximum Gasteiger partial charge on any atom is 0.312 e. The number of aromatic nitrogens is 3. The molecule has 9 heteroatoms. The second-order valence-electron chi connectivity index (χ2n) is 4.12. The Kier molecular flexibility index (Phi) is 4.03. The van der Waals surface area contributed by atoms with E-state index in [1.165, 1.54) is 12.3 Å². The molecule has 0 aliphatic rings. The highest BCUT2D eigenvalue weighted by Crippen LogP contribution is 2.27. The number of nitrogen functional groups attached to an aromatic ring is 1. The Balaban J connectivity index is 2.26. The van der Waals surface area contributed by atoms with E-state index in [0.717, 1.165) is 18.6 Å². The number of nitrogens with zero attached hydrogens (tertiary/aromatic N) is 3. The summed E-state index contributed by atoms with van der Waals surface area (Å²) in [6.07, 6.45) is 3.38. The van der Waals surface area contributed by atoms with Gasteiger partial charge in [-0.25, -0.2) is 15.0 Å². The molecule has 0 radical (unpaired) electrons. The normalized spacial score (nSPS) is 11.2. The van der Waals surface area contributed by atoms with Gasteiger partial charge in [0.1, 0.15) is 30.3 Å². The van der Waals surface area contributed by atoms with Crippen LogP contribution < -0.4 is 11.1 Å². The molecule has 7 nitrogen and oxygen atoms in total. The molecule has 2 aromatic heterocycles. The smallest absolute Gasteiger partial charge is 0.312 e. The minimum atomic E-state index is -3.45. The number of aliphatic hydroxyl groups excluding tert-OH is 1. The van der Waals surface area contributed by atoms with Crippen molar-refractivity contribution in [2.45, 2.75) is 5.92 Å². The average molecular weight is 294 g/mol. The van der Waals surface area contributed by atoms with E-state index in [1.807, 2.05) is 0 Å². The Morgan fingerprint density at radius 3 is 2.62 bits per heavy atom. The van der Waals surface area contributed by atoms with Gasteiger partial charge in [0.15, 0.2) is 0 Å². The van der Waals surface area contributed by atoms with E-state index in [0.29, 0.717) is 11.3 Å². The van der Waals surface area contributed by atoms with Gasteiger partial charge in [-0.1, -0.05) is 0 Å². The minimum absolute atomic E-state index is 0.0858. The third kappa shape index (κ3) is 3.26. The summed E-state index contributed by atoms with van der Waals surface area (Å²) in [7, 11) is 0. The molecule has 2 rings (SSSR count). The lowest BCUT2D eigenvalue weighted by Crippen LogP contribution is -2.20. The van der Waals surface area contributed by atoms with E-state index in [4.69, 9.17) is 16.2 Å². The summed E-state index contributed by atoms with van der Waals surface area (Å²) < 4.78 is 26.7. The molecule has 0 fully saturated rings. The summed E-state index contributed by atoms with van der Waals surface area (Å²) in [5.74, 6) is -3.08. The second kappa shape index (κ2) is 5.75. The van der Waals surface area contributed by atoms with Crippen LogP contribution in [0, 0.1) is 5.41 Å². The monoisotopic (exact) mass is 294 g/mol. The quantitative estimate of drug-likeness (QED) is 0.616. The van der Waals surface area contributed by atoms with Crippen LogP contribution >= 0.6 is 0 Å². The van der Waals surface area contributed by atoms with Crippen LogP contribution in [0.15, 0.2) is 24.7 Å². The van der Waals surface area contributed by atoms with Gasteiger partial charge in [-0.3, -0.25) is 0 Å². The van der Waals surface area contributed by atoms with E-state index in [9.17, 15) is 8.78 Å². The number of hydrogen-bond donors (Lipinski definition) is 4. The molecular weight excluding hydrogens is 282 g/mol. The first kappa shape index (κ1) is 14.7. The molecule has 0 atom stereocenters. The fraction of sp³-hybridized carbons (Fsp3) is 0.167. The second-order valence-corrected chi connectivity index (χ2v) is 4.12. The van der Waals surface area contributed by atoms with Crippen LogP contribution in [-0.4, -0.2) is 32.9 Å². The molecule has 21 heavy (non-hydrogen) atoms. The van der Waals surface area contributed by atoms with Gasteiger partial charge in [-0.05, 0) is 0 Å². The van der Waals surface area contributed by atoms with E-state index in [-0.39, 0.29) is 11.6 Å². The zero-order chi connectivity index (χ0) is 15.5. The maximum absolute atomic E-state index is 13.3. The van der Waals surface area contributed by atoms with Crippen LogP contribution in [0.5, 0.6) is 0 Å². The van der Waals surface area contributed by atoms with Crippen molar-refractivity contribution in [1.82, 2.24) is 15.0 Å². The molecule has 110 valence electrons. The van der Waals surface area contributed by atoms with Crippen LogP contribution in [0.3, 0.4) is 0 Å². The predicted octanol–water partition coefficient (Wildman–Crippen LogP) is 1.28. The van der Waals surface area contributed by atoms with E-state index in [1.54, 1.807) is 0 Å². The number of rotatable bonds is 5. The highest BCUT2D eigenvalue weighted by molar-refractivity contribution is 5.85. The third-order valence-electron chi connectivity index (χ3n) is 2.62. The molecule has 0 unspecified atom stereocenters. The molecule has 0 saturated heterocycles. The number of pyridine rings is 1. The molecule has 0 aromatic carbocycles. The molecule has 2 aromatic rings. The van der Waals surface area contributed by atoms with Crippen LogP contribution in [0.25, 0.3) is 0 Å². The number of nitrogens with one attached hydrogen (secondary N) is 2. The summed E-state index contributed by atoms with van der Waals surface area (Å²) >= 11 is 0. The van der Waals surface area contributed by atoms with Gasteiger partial charge in [-0.2, -0.15) is 8.78 Å². The number of nitrogens with two attached hydrogens (primary N) is 1. The summed E-state index contributed by atoms with van der Waals surface area (Å²) in [5, 5.41) is 18.4. The van der Waals surface area contributed by atoms with Crippen LogP contribution in [0.4, 0.5) is 26.1 Å². The van der Waals surface area contributed by atoms with Crippen LogP contribution in [-0.2, 0) is 5.92 Å². The number of anilines is 3. The summed E-state index contributed by atoms with van der Waals surface area (Å²) in [4.78, 5) is 11.2. The Morgan fingerprint density at radius 2 is 2.00 bits per heavy atom. The number of alkyl halides is 2. The molecular formula is C12H12F2N6O. The van der Waals surface area contributed by atoms with Gasteiger partial charge in [0.05, 0.1) is 0 Å². The average Bonchev–Trinajstić information content (AvgIpc) is 2.48. The van der Waals surface area contributed by atoms with Gasteiger partial charge in [-0.15, -0.1) is 0 Å². The van der Waals surface area contributed by atoms with Crippen molar-refractivity contribution >= 4 is 23.5 Å². The van der Waals surface area contributed by atoms with Crippen molar-refractivity contribution < 1.29 is 13.9 Å². The van der Waals surface area contributed by atoms with Gasteiger partial charge in [0.25, 0.3) is 0 Å². The highest BCUT2D eigenvalue weighted by atomic mass is 19.3. The molecule has 5 N–H and O–H groups in total. The van der Waals surface area contributed by atoms with E-state index in [2.05, 4.69) is 20.3 Å². The molecule has 0 aliphatic heterocycles. The Labute approximate surface area is 118 Å². The van der Waals surface area contributed by atoms with Crippen molar-refractivity contribution in [3.8, 4) is 0 Å². The molecule has 0 amide bonds. The molecule has 0 spiro atoms. The number of hydrogen-bond acceptors (Lipinski definition) is 7. The Bertz CT molecular complexity index is 664. The van der Waals surface area contributed by atoms with Gasteiger partial charge in [0, 0.05) is 35.8 Å². The van der Waals surface area contributed by atoms with Crippen LogP contribution in [0.2, 0.25) is 0 Å². The summed E-state index contributed by atoms with van der Waals surface area (Å²) in [6.45, 7) is -1.34. The van der Waals surface area contributed by atoms with Crippen molar-refractivity contribution in [3.05, 3.63) is 35.9 Å². The maximum atomic E-state index is 13.3. The zero-order valence-corrected chi connectivity index (χ0v) is 10.7. The van der Waals surface area contributed by atoms with Crippen molar-refractivity contribution in [2.24, 2.45) is 0 Å². The SMILES string of the molecule is N=Cc1cnc(Nc2cc(C(F)(F)CO)ncn2)cc1N. The van der Waals surface area contributed by atoms with Crippen molar-refractivity contribution in [1.29, 1.82) is 5.41 Å². The van der Waals surface area contributed by atoms with Crippen molar-refractivity contribution in [2.75, 3.05) is 17.7 Å². The van der Waals surface area contributed by atoms with Gasteiger partial charge in [0.2, 0.25) is 0 Å². The molecule has 2 heterocycles. The standard InChI is InChI=1S/C12H12F2N6O/c13-12(14,5-21)9-2-11(19-6-18-9)20-10-1-8(16)7(3-15)4-17-10/h1-4,6,15,21H,5H2,(H3,16,17,18,19,20). The highest BCUT2D eigenvalue weighted by Gasteiger charge is 2.32. The predicted molar refractivity (Wildman–Crippen MR) is 72.8 cm³/mol. The Hall–Kier alpha value is -2.68. The molecule has 0 saturated carbocycles. The lowest BCUT2D eigenvalue weighted by atomic mass is 10.2. The Morgan fingerprint density at radius 1 is 1.29 bits per heavy atom. The van der Waals surface area contributed by atoms with E-state index >= 15 is 0 Å². The summed E-state index contributed by atoms with van der Waals surface area (Å²) in [5.41, 5.74) is 5.84. The van der Waals surface area contributed by atoms with Gasteiger partial charge < -0.3 is 21.6 Å². The lowest BCUT2D eigenvalue weighted by Gasteiger charge is -2.13. The van der Waals surface area contributed by atoms with Crippen molar-refractivity contribution in [3.63, 3.8) is 0 Å². The number of halogens is 2. The first-order chi connectivity index (χ1) is 9.96. The van der Waals surface area contributed by atoms with Crippen LogP contribution in [0.1, 0.15) is 11.3 Å². The molecule has 0 bridgehead atoms. The fourth-order valence-electron chi connectivity index (χ4n) is 1.51. The fourth-order valence-corrected chi connectivity index (χ4v) is 1.51. The molecule has 0 aliphatic carbocycles. The topological polar surface area (TPSA) is 121 Å². The first-order valence-electron chi connectivity index (χ1n) is 5.80. The minimum Gasteiger partial charge on any atom is -0.398 e. The number of aliphatic hydroxyl groups is 1. The zero-order valence-electron chi connectivity index (χ0n) is 10.7. The van der Waals surface area contributed by atoms with Gasteiger partial charge >= 0.3 is 5.92 Å². The van der Waals surface area contributed by atoms with E-state index < -0.39 is 18.2 Å².